The lowest BCUT2D eigenvalue weighted by Crippen LogP contribution is -2.47. The van der Waals surface area contributed by atoms with E-state index in [1.165, 1.54) is 12.8 Å². The number of ether oxygens (including phenoxy) is 2. The quantitative estimate of drug-likeness (QED) is 0.426. The van der Waals surface area contributed by atoms with Gasteiger partial charge < -0.3 is 30.7 Å². The summed E-state index contributed by atoms with van der Waals surface area (Å²) in [6.45, 7) is 8.01. The molecule has 1 amide bonds. The Morgan fingerprint density at radius 1 is 1.00 bits per heavy atom. The topological polar surface area (TPSA) is 96.0 Å². The number of aliphatic imine (C=N–C) groups is 1. The molecule has 2 saturated carbocycles. The summed E-state index contributed by atoms with van der Waals surface area (Å²) < 4.78 is 11.3. The molecular formula is C26H47N5O3. The summed E-state index contributed by atoms with van der Waals surface area (Å²) in [4.78, 5) is 17.9. The minimum Gasteiger partial charge on any atom is -0.381 e. The van der Waals surface area contributed by atoms with Crippen LogP contribution in [0, 0.1) is 35.5 Å². The van der Waals surface area contributed by atoms with E-state index in [-0.39, 0.29) is 24.0 Å². The highest BCUT2D eigenvalue weighted by Crippen LogP contribution is 2.41. The fourth-order valence-corrected chi connectivity index (χ4v) is 6.88. The molecule has 34 heavy (non-hydrogen) atoms. The van der Waals surface area contributed by atoms with Crippen molar-refractivity contribution in [2.75, 3.05) is 53.5 Å². The Bertz CT molecular complexity index is 677. The van der Waals surface area contributed by atoms with Gasteiger partial charge in [-0.05, 0) is 87.6 Å². The number of methoxy groups -OCH3 is 2. The van der Waals surface area contributed by atoms with Crippen molar-refractivity contribution in [2.24, 2.45) is 40.5 Å². The molecule has 2 aliphatic heterocycles. The van der Waals surface area contributed by atoms with Gasteiger partial charge in [0.1, 0.15) is 0 Å². The van der Waals surface area contributed by atoms with Crippen molar-refractivity contribution in [3.63, 3.8) is 0 Å². The van der Waals surface area contributed by atoms with Crippen LogP contribution in [0.1, 0.15) is 51.9 Å². The zero-order valence-electron chi connectivity index (χ0n) is 21.5. The fourth-order valence-electron chi connectivity index (χ4n) is 6.88. The number of rotatable bonds is 8. The molecule has 3 fully saturated rings. The first-order chi connectivity index (χ1) is 16.6. The van der Waals surface area contributed by atoms with Crippen LogP contribution >= 0.6 is 0 Å². The molecular weight excluding hydrogens is 430 g/mol. The largest absolute Gasteiger partial charge is 0.381 e. The number of guanidine groups is 1. The predicted octanol–water partition coefficient (Wildman–Crippen LogP) is 1.76. The molecule has 0 aromatic heterocycles. The van der Waals surface area contributed by atoms with Gasteiger partial charge in [-0.3, -0.25) is 9.79 Å². The van der Waals surface area contributed by atoms with E-state index < -0.39 is 0 Å². The van der Waals surface area contributed by atoms with Crippen LogP contribution in [0.4, 0.5) is 0 Å². The molecule has 0 aromatic carbocycles. The second-order valence-corrected chi connectivity index (χ2v) is 11.2. The van der Waals surface area contributed by atoms with E-state index in [4.69, 9.17) is 9.47 Å². The van der Waals surface area contributed by atoms with Crippen LogP contribution in [0.3, 0.4) is 0 Å². The zero-order valence-corrected chi connectivity index (χ0v) is 21.5. The highest BCUT2D eigenvalue weighted by molar-refractivity contribution is 5.81. The lowest BCUT2D eigenvalue weighted by atomic mass is 9.66. The number of carbonyl (C=O) groups excluding carboxylic acids is 1. The first-order valence-electron chi connectivity index (χ1n) is 13.6. The Morgan fingerprint density at radius 3 is 2.44 bits per heavy atom. The van der Waals surface area contributed by atoms with Crippen molar-refractivity contribution in [3.05, 3.63) is 0 Å². The summed E-state index contributed by atoms with van der Waals surface area (Å²) in [6, 6.07) is 0. The molecule has 7 atom stereocenters. The molecule has 0 bridgehead atoms. The highest BCUT2D eigenvalue weighted by atomic mass is 16.5. The molecule has 2 aliphatic carbocycles. The summed E-state index contributed by atoms with van der Waals surface area (Å²) in [7, 11) is 3.56. The molecule has 7 unspecified atom stereocenters. The van der Waals surface area contributed by atoms with Gasteiger partial charge in [0.25, 0.3) is 0 Å². The second kappa shape index (κ2) is 12.5. The van der Waals surface area contributed by atoms with Gasteiger partial charge in [-0.1, -0.05) is 6.92 Å². The highest BCUT2D eigenvalue weighted by Gasteiger charge is 2.39. The normalized spacial score (nSPS) is 38.6. The molecule has 2 heterocycles. The predicted molar refractivity (Wildman–Crippen MR) is 135 cm³/mol. The minimum absolute atomic E-state index is 0.0955. The van der Waals surface area contributed by atoms with Gasteiger partial charge in [-0.25, -0.2) is 0 Å². The van der Waals surface area contributed by atoms with Crippen LogP contribution in [-0.2, 0) is 14.3 Å². The van der Waals surface area contributed by atoms with Gasteiger partial charge >= 0.3 is 0 Å². The summed E-state index contributed by atoms with van der Waals surface area (Å²) in [5, 5.41) is 13.8. The third kappa shape index (κ3) is 6.85. The first kappa shape index (κ1) is 25.7. The number of hydrogen-bond acceptors (Lipinski definition) is 7. The van der Waals surface area contributed by atoms with E-state index in [0.29, 0.717) is 23.7 Å². The Balaban J connectivity index is 1.35. The van der Waals surface area contributed by atoms with E-state index in [1.54, 1.807) is 14.2 Å². The van der Waals surface area contributed by atoms with Crippen molar-refractivity contribution in [3.8, 4) is 0 Å². The van der Waals surface area contributed by atoms with Crippen molar-refractivity contribution in [2.45, 2.75) is 64.1 Å². The van der Waals surface area contributed by atoms with Gasteiger partial charge in [0.05, 0.1) is 18.8 Å². The van der Waals surface area contributed by atoms with E-state index in [0.717, 1.165) is 83.3 Å². The molecule has 4 N–H and O–H groups in total. The van der Waals surface area contributed by atoms with Crippen molar-refractivity contribution in [1.29, 1.82) is 0 Å². The number of hydrogen-bond donors (Lipinski definition) is 4. The SMILES string of the molecule is COC1CC(CNC(=O)C2CC(CNC3=NCCN3)CC(C3CNCCC3C)C2)CC(OC)C1. The van der Waals surface area contributed by atoms with Crippen LogP contribution in [-0.4, -0.2) is 77.6 Å². The Labute approximate surface area is 205 Å². The van der Waals surface area contributed by atoms with Crippen LogP contribution < -0.4 is 21.3 Å². The standard InChI is InChI=1S/C26H47N5O3/c1-17-4-5-27-16-24(17)20-8-18(15-31-26-28-6-7-29-26)9-21(12-20)25(32)30-14-19-10-22(33-2)13-23(11-19)34-3/h17-24,27H,4-16H2,1-3H3,(H,30,32)(H2,28,29,31). The molecule has 194 valence electrons. The summed E-state index contributed by atoms with van der Waals surface area (Å²) in [5.41, 5.74) is 0. The molecule has 4 aliphatic rings. The molecule has 0 aromatic rings. The minimum atomic E-state index is 0.0955. The molecule has 1 saturated heterocycles. The zero-order chi connectivity index (χ0) is 23.9. The Morgan fingerprint density at radius 2 is 1.76 bits per heavy atom. The number of carbonyl (C=O) groups is 1. The molecule has 8 heteroatoms. The number of piperidine rings is 1. The monoisotopic (exact) mass is 477 g/mol. The lowest BCUT2D eigenvalue weighted by Gasteiger charge is -2.42. The number of amides is 1. The fraction of sp³-hybridized carbons (Fsp3) is 0.923. The van der Waals surface area contributed by atoms with Gasteiger partial charge in [-0.15, -0.1) is 0 Å². The maximum atomic E-state index is 13.4. The van der Waals surface area contributed by atoms with Crippen molar-refractivity contribution < 1.29 is 14.3 Å². The summed E-state index contributed by atoms with van der Waals surface area (Å²) in [6.07, 6.45) is 7.81. The Kier molecular flexibility index (Phi) is 9.48. The number of nitrogens with one attached hydrogen (secondary N) is 4. The van der Waals surface area contributed by atoms with Crippen LogP contribution in [0.2, 0.25) is 0 Å². The third-order valence-electron chi connectivity index (χ3n) is 8.89. The van der Waals surface area contributed by atoms with Gasteiger partial charge in [0.2, 0.25) is 5.91 Å². The van der Waals surface area contributed by atoms with E-state index in [1.807, 2.05) is 0 Å². The lowest BCUT2D eigenvalue weighted by molar-refractivity contribution is -0.128. The van der Waals surface area contributed by atoms with Crippen molar-refractivity contribution >= 4 is 11.9 Å². The van der Waals surface area contributed by atoms with Crippen molar-refractivity contribution in [1.82, 2.24) is 21.3 Å². The molecule has 0 spiro atoms. The average molecular weight is 478 g/mol. The molecule has 4 rings (SSSR count). The molecule has 0 radical (unpaired) electrons. The first-order valence-corrected chi connectivity index (χ1v) is 13.6. The van der Waals surface area contributed by atoms with Gasteiger partial charge in [-0.2, -0.15) is 0 Å². The smallest absolute Gasteiger partial charge is 0.223 e. The Hall–Kier alpha value is -1.38. The summed E-state index contributed by atoms with van der Waals surface area (Å²) in [5.74, 6) is 4.17. The van der Waals surface area contributed by atoms with Gasteiger partial charge in [0, 0.05) is 39.8 Å². The molecule has 8 nitrogen and oxygen atoms in total. The van der Waals surface area contributed by atoms with Gasteiger partial charge in [0.15, 0.2) is 5.96 Å². The maximum Gasteiger partial charge on any atom is 0.223 e. The van der Waals surface area contributed by atoms with E-state index >= 15 is 0 Å². The van der Waals surface area contributed by atoms with Crippen LogP contribution in [0.15, 0.2) is 4.99 Å². The van der Waals surface area contributed by atoms with E-state index in [2.05, 4.69) is 33.2 Å². The summed E-state index contributed by atoms with van der Waals surface area (Å²) >= 11 is 0. The van der Waals surface area contributed by atoms with E-state index in [9.17, 15) is 4.79 Å². The number of nitrogens with zero attached hydrogens (tertiary/aromatic N) is 1. The third-order valence-corrected chi connectivity index (χ3v) is 8.89. The second-order valence-electron chi connectivity index (χ2n) is 11.2. The average Bonchev–Trinajstić information content (AvgIpc) is 3.39. The van der Waals surface area contributed by atoms with Crippen LogP contribution in [0.5, 0.6) is 0 Å². The maximum absolute atomic E-state index is 13.4. The van der Waals surface area contributed by atoms with Crippen LogP contribution in [0.25, 0.3) is 0 Å².